The van der Waals surface area contributed by atoms with E-state index in [4.69, 9.17) is 11.5 Å². The third-order valence-electron chi connectivity index (χ3n) is 3.63. The number of carbonyl (C=O) groups is 2. The summed E-state index contributed by atoms with van der Waals surface area (Å²) in [5.74, 6) is -0.722. The molecule has 0 radical (unpaired) electrons. The van der Waals surface area contributed by atoms with Crippen LogP contribution in [0.25, 0.3) is 0 Å². The van der Waals surface area contributed by atoms with Gasteiger partial charge in [-0.25, -0.2) is 0 Å². The van der Waals surface area contributed by atoms with Gasteiger partial charge in [0.15, 0.2) is 0 Å². The molecule has 5 N–H and O–H groups in total. The second-order valence-corrected chi connectivity index (χ2v) is 5.36. The van der Waals surface area contributed by atoms with Gasteiger partial charge < -0.3 is 16.8 Å². The van der Waals surface area contributed by atoms with Crippen molar-refractivity contribution in [1.82, 2.24) is 5.32 Å². The molecule has 0 fully saturated rings. The minimum Gasteiger partial charge on any atom is -0.368 e. The number of carbonyl (C=O) groups excluding carboxylic acids is 2. The van der Waals surface area contributed by atoms with Crippen molar-refractivity contribution in [1.29, 1.82) is 0 Å². The number of primary amides is 1. The smallest absolute Gasteiger partial charge is 0.243 e. The topological polar surface area (TPSA) is 98.2 Å². The predicted molar refractivity (Wildman–Crippen MR) is 83.4 cm³/mol. The Labute approximate surface area is 126 Å². The molecule has 1 aromatic carbocycles. The van der Waals surface area contributed by atoms with E-state index in [1.54, 1.807) is 0 Å². The summed E-state index contributed by atoms with van der Waals surface area (Å²) >= 11 is 0. The van der Waals surface area contributed by atoms with Gasteiger partial charge in [0.1, 0.15) is 5.54 Å². The van der Waals surface area contributed by atoms with Crippen molar-refractivity contribution in [2.45, 2.75) is 44.6 Å². The first-order chi connectivity index (χ1) is 10.00. The first-order valence-corrected chi connectivity index (χ1v) is 7.33. The Bertz CT molecular complexity index is 462. The first kappa shape index (κ1) is 17.2. The molecular weight excluding hydrogens is 266 g/mol. The molecule has 5 nitrogen and oxygen atoms in total. The Balaban J connectivity index is 2.81. The Morgan fingerprint density at radius 1 is 1.14 bits per heavy atom. The van der Waals surface area contributed by atoms with Crippen LogP contribution in [0.4, 0.5) is 0 Å². The van der Waals surface area contributed by atoms with Crippen LogP contribution in [0.3, 0.4) is 0 Å². The van der Waals surface area contributed by atoms with E-state index in [1.165, 1.54) is 6.92 Å². The normalized spacial score (nSPS) is 13.4. The SMILES string of the molecule is CC(=O)NC(CCCCN)(CCc1ccccc1)C(N)=O. The van der Waals surface area contributed by atoms with Crippen LogP contribution < -0.4 is 16.8 Å². The van der Waals surface area contributed by atoms with Crippen LogP contribution in [0, 0.1) is 0 Å². The summed E-state index contributed by atoms with van der Waals surface area (Å²) in [7, 11) is 0. The molecule has 1 atom stereocenters. The van der Waals surface area contributed by atoms with Gasteiger partial charge in [0.05, 0.1) is 0 Å². The molecule has 0 aromatic heterocycles. The van der Waals surface area contributed by atoms with Gasteiger partial charge in [-0.15, -0.1) is 0 Å². The van der Waals surface area contributed by atoms with Crippen LogP contribution in [0.5, 0.6) is 0 Å². The van der Waals surface area contributed by atoms with Crippen molar-refractivity contribution >= 4 is 11.8 Å². The Morgan fingerprint density at radius 2 is 1.81 bits per heavy atom. The number of rotatable bonds is 9. The molecule has 0 bridgehead atoms. The van der Waals surface area contributed by atoms with E-state index in [0.29, 0.717) is 25.8 Å². The number of amides is 2. The Morgan fingerprint density at radius 3 is 2.33 bits per heavy atom. The number of benzene rings is 1. The van der Waals surface area contributed by atoms with Crippen molar-refractivity contribution in [2.24, 2.45) is 11.5 Å². The minimum absolute atomic E-state index is 0.241. The van der Waals surface area contributed by atoms with Crippen LogP contribution in [-0.2, 0) is 16.0 Å². The predicted octanol–water partition coefficient (Wildman–Crippen LogP) is 1.11. The minimum atomic E-state index is -0.989. The summed E-state index contributed by atoms with van der Waals surface area (Å²) in [5, 5.41) is 2.77. The van der Waals surface area contributed by atoms with E-state index >= 15 is 0 Å². The van der Waals surface area contributed by atoms with E-state index < -0.39 is 11.4 Å². The molecule has 2 amide bonds. The summed E-state index contributed by atoms with van der Waals surface area (Å²) in [5.41, 5.74) is 11.2. The molecule has 1 rings (SSSR count). The monoisotopic (exact) mass is 291 g/mol. The maximum Gasteiger partial charge on any atom is 0.243 e. The molecule has 0 aliphatic rings. The Hall–Kier alpha value is -1.88. The fourth-order valence-electron chi connectivity index (χ4n) is 2.47. The molecule has 0 heterocycles. The van der Waals surface area contributed by atoms with Crippen LogP contribution in [0.2, 0.25) is 0 Å². The van der Waals surface area contributed by atoms with Gasteiger partial charge in [-0.3, -0.25) is 9.59 Å². The van der Waals surface area contributed by atoms with Crippen molar-refractivity contribution in [2.75, 3.05) is 6.54 Å². The number of hydrogen-bond donors (Lipinski definition) is 3. The van der Waals surface area contributed by atoms with Crippen LogP contribution in [0.15, 0.2) is 30.3 Å². The van der Waals surface area contributed by atoms with Gasteiger partial charge in [0, 0.05) is 6.92 Å². The third-order valence-corrected chi connectivity index (χ3v) is 3.63. The highest BCUT2D eigenvalue weighted by Crippen LogP contribution is 2.21. The molecular formula is C16H25N3O2. The fourth-order valence-corrected chi connectivity index (χ4v) is 2.47. The maximum absolute atomic E-state index is 11.9. The zero-order chi connectivity index (χ0) is 15.7. The molecule has 0 saturated heterocycles. The second-order valence-electron chi connectivity index (χ2n) is 5.36. The lowest BCUT2D eigenvalue weighted by molar-refractivity contribution is -0.131. The van der Waals surface area contributed by atoms with Gasteiger partial charge in [0.2, 0.25) is 11.8 Å². The van der Waals surface area contributed by atoms with Crippen LogP contribution >= 0.6 is 0 Å². The Kier molecular flexibility index (Phi) is 6.88. The summed E-state index contributed by atoms with van der Waals surface area (Å²) < 4.78 is 0. The summed E-state index contributed by atoms with van der Waals surface area (Å²) in [6.45, 7) is 1.97. The average molecular weight is 291 g/mol. The van der Waals surface area contributed by atoms with E-state index in [1.807, 2.05) is 30.3 Å². The largest absolute Gasteiger partial charge is 0.368 e. The van der Waals surface area contributed by atoms with E-state index in [-0.39, 0.29) is 5.91 Å². The number of unbranched alkanes of at least 4 members (excludes halogenated alkanes) is 1. The summed E-state index contributed by atoms with van der Waals surface area (Å²) in [6.07, 6.45) is 3.27. The molecule has 5 heteroatoms. The molecule has 0 aliphatic heterocycles. The van der Waals surface area contributed by atoms with Gasteiger partial charge in [0.25, 0.3) is 0 Å². The number of nitrogens with one attached hydrogen (secondary N) is 1. The van der Waals surface area contributed by atoms with Crippen molar-refractivity contribution in [3.8, 4) is 0 Å². The van der Waals surface area contributed by atoms with Crippen molar-refractivity contribution < 1.29 is 9.59 Å². The van der Waals surface area contributed by atoms with E-state index in [9.17, 15) is 9.59 Å². The van der Waals surface area contributed by atoms with Crippen molar-refractivity contribution in [3.63, 3.8) is 0 Å². The highest BCUT2D eigenvalue weighted by atomic mass is 16.2. The molecule has 1 unspecified atom stereocenters. The van der Waals surface area contributed by atoms with Crippen LogP contribution in [0.1, 0.15) is 38.2 Å². The molecule has 0 aliphatic carbocycles. The highest BCUT2D eigenvalue weighted by Gasteiger charge is 2.36. The third kappa shape index (κ3) is 5.55. The van der Waals surface area contributed by atoms with Gasteiger partial charge in [-0.1, -0.05) is 30.3 Å². The molecule has 21 heavy (non-hydrogen) atoms. The number of hydrogen-bond acceptors (Lipinski definition) is 3. The van der Waals surface area contributed by atoms with Gasteiger partial charge in [-0.05, 0) is 44.2 Å². The fraction of sp³-hybridized carbons (Fsp3) is 0.500. The molecule has 0 saturated carbocycles. The second kappa shape index (κ2) is 8.42. The summed E-state index contributed by atoms with van der Waals surface area (Å²) in [6, 6.07) is 9.85. The lowest BCUT2D eigenvalue weighted by atomic mass is 9.85. The van der Waals surface area contributed by atoms with Gasteiger partial charge in [-0.2, -0.15) is 0 Å². The van der Waals surface area contributed by atoms with Gasteiger partial charge >= 0.3 is 0 Å². The average Bonchev–Trinajstić information content (AvgIpc) is 2.45. The molecule has 116 valence electrons. The maximum atomic E-state index is 11.9. The van der Waals surface area contributed by atoms with Crippen molar-refractivity contribution in [3.05, 3.63) is 35.9 Å². The lowest BCUT2D eigenvalue weighted by Gasteiger charge is -2.31. The number of nitrogens with two attached hydrogens (primary N) is 2. The lowest BCUT2D eigenvalue weighted by Crippen LogP contribution is -2.57. The first-order valence-electron chi connectivity index (χ1n) is 7.33. The number of aryl methyl sites for hydroxylation is 1. The molecule has 0 spiro atoms. The van der Waals surface area contributed by atoms with E-state index in [0.717, 1.165) is 18.4 Å². The highest BCUT2D eigenvalue weighted by molar-refractivity contribution is 5.89. The standard InChI is InChI=1S/C16H25N3O2/c1-13(20)19-16(15(18)21,10-5-6-12-17)11-9-14-7-3-2-4-8-14/h2-4,7-8H,5-6,9-12,17H2,1H3,(H2,18,21)(H,19,20). The summed E-state index contributed by atoms with van der Waals surface area (Å²) in [4.78, 5) is 23.4. The zero-order valence-electron chi connectivity index (χ0n) is 12.6. The zero-order valence-corrected chi connectivity index (χ0v) is 12.6. The van der Waals surface area contributed by atoms with Crippen LogP contribution in [-0.4, -0.2) is 23.9 Å². The quantitative estimate of drug-likeness (QED) is 0.594. The van der Waals surface area contributed by atoms with E-state index in [2.05, 4.69) is 5.32 Å². The molecule has 1 aromatic rings.